The van der Waals surface area contributed by atoms with E-state index in [4.69, 9.17) is 10.5 Å². The number of imide groups is 1. The zero-order valence-electron chi connectivity index (χ0n) is 11.4. The van der Waals surface area contributed by atoms with Crippen molar-refractivity contribution in [2.75, 3.05) is 0 Å². The number of hydrogen-bond donors (Lipinski definition) is 2. The van der Waals surface area contributed by atoms with Crippen molar-refractivity contribution in [3.8, 4) is 0 Å². The summed E-state index contributed by atoms with van der Waals surface area (Å²) in [5, 5.41) is 1.71. The molecule has 3 N–H and O–H groups in total. The molecule has 0 bridgehead atoms. The van der Waals surface area contributed by atoms with Crippen molar-refractivity contribution in [2.45, 2.75) is 25.6 Å². The van der Waals surface area contributed by atoms with E-state index in [9.17, 15) is 27.6 Å². The number of rotatable bonds is 4. The van der Waals surface area contributed by atoms with Crippen molar-refractivity contribution in [3.05, 3.63) is 35.4 Å². The third-order valence-corrected chi connectivity index (χ3v) is 2.53. The summed E-state index contributed by atoms with van der Waals surface area (Å²) in [6.07, 6.45) is -6.27. The summed E-state index contributed by atoms with van der Waals surface area (Å²) >= 11 is 0. The monoisotopic (exact) mass is 318 g/mol. The molecule has 0 aromatic heterocycles. The van der Waals surface area contributed by atoms with Crippen LogP contribution in [-0.4, -0.2) is 24.0 Å². The molecular formula is C13H13F3N2O4. The number of nitrogens with one attached hydrogen (secondary N) is 1. The summed E-state index contributed by atoms with van der Waals surface area (Å²) in [5.41, 5.74) is 3.92. The first-order valence-electron chi connectivity index (χ1n) is 6.05. The van der Waals surface area contributed by atoms with E-state index in [1.165, 1.54) is 13.0 Å². The summed E-state index contributed by atoms with van der Waals surface area (Å²) in [5.74, 6) is -1.84. The van der Waals surface area contributed by atoms with E-state index < -0.39 is 42.2 Å². The third-order valence-electron chi connectivity index (χ3n) is 2.53. The molecule has 0 fully saturated rings. The molecule has 120 valence electrons. The highest BCUT2D eigenvalue weighted by Crippen LogP contribution is 2.29. The van der Waals surface area contributed by atoms with Crippen LogP contribution in [0.15, 0.2) is 24.3 Å². The first-order valence-corrected chi connectivity index (χ1v) is 6.05. The molecule has 9 heteroatoms. The number of nitrogens with two attached hydrogens (primary N) is 1. The van der Waals surface area contributed by atoms with Gasteiger partial charge in [0, 0.05) is 0 Å². The van der Waals surface area contributed by atoms with E-state index in [-0.39, 0.29) is 5.56 Å². The number of primary amides is 1. The Hall–Kier alpha value is -2.58. The first-order chi connectivity index (χ1) is 10.1. The fourth-order valence-corrected chi connectivity index (χ4v) is 1.54. The van der Waals surface area contributed by atoms with Crippen molar-refractivity contribution in [3.63, 3.8) is 0 Å². The van der Waals surface area contributed by atoms with Crippen molar-refractivity contribution in [1.29, 1.82) is 0 Å². The van der Waals surface area contributed by atoms with Gasteiger partial charge >= 0.3 is 18.2 Å². The predicted octanol–water partition coefficient (Wildman–Crippen LogP) is 1.37. The number of amides is 3. The minimum absolute atomic E-state index is 0.0855. The van der Waals surface area contributed by atoms with Crippen molar-refractivity contribution < 1.29 is 32.3 Å². The lowest BCUT2D eigenvalue weighted by molar-refractivity contribution is -0.153. The Kier molecular flexibility index (Phi) is 5.50. The minimum Gasteiger partial charge on any atom is -0.452 e. The van der Waals surface area contributed by atoms with Crippen LogP contribution in [0.25, 0.3) is 0 Å². The molecule has 22 heavy (non-hydrogen) atoms. The number of carbonyl (C=O) groups is 3. The SMILES string of the molecule is C[C@H](OC(=O)Cc1cccc(C(F)(F)F)c1)C(=O)NC(N)=O. The molecule has 1 atom stereocenters. The van der Waals surface area contributed by atoms with E-state index >= 15 is 0 Å². The lowest BCUT2D eigenvalue weighted by Crippen LogP contribution is -2.42. The van der Waals surface area contributed by atoms with Crippen molar-refractivity contribution in [2.24, 2.45) is 5.73 Å². The number of ether oxygens (including phenoxy) is 1. The van der Waals surface area contributed by atoms with Gasteiger partial charge in [0.15, 0.2) is 6.10 Å². The van der Waals surface area contributed by atoms with E-state index in [1.54, 1.807) is 5.32 Å². The van der Waals surface area contributed by atoms with Crippen LogP contribution < -0.4 is 11.1 Å². The second-order valence-corrected chi connectivity index (χ2v) is 4.36. The molecule has 6 nitrogen and oxygen atoms in total. The molecule has 0 heterocycles. The van der Waals surface area contributed by atoms with E-state index in [2.05, 4.69) is 0 Å². The molecule has 1 aromatic carbocycles. The van der Waals surface area contributed by atoms with Gasteiger partial charge in [0.1, 0.15) is 0 Å². The molecule has 0 aliphatic rings. The Morgan fingerprint density at radius 1 is 1.32 bits per heavy atom. The van der Waals surface area contributed by atoms with Crippen LogP contribution in [0.5, 0.6) is 0 Å². The van der Waals surface area contributed by atoms with Crippen LogP contribution in [0, 0.1) is 0 Å². The van der Waals surface area contributed by atoms with Gasteiger partial charge in [-0.2, -0.15) is 13.2 Å². The van der Waals surface area contributed by atoms with Crippen LogP contribution in [0.2, 0.25) is 0 Å². The molecule has 0 aliphatic heterocycles. The molecule has 0 aliphatic carbocycles. The van der Waals surface area contributed by atoms with Crippen molar-refractivity contribution in [1.82, 2.24) is 5.32 Å². The van der Waals surface area contributed by atoms with Crippen LogP contribution in [0.1, 0.15) is 18.1 Å². The molecular weight excluding hydrogens is 305 g/mol. The van der Waals surface area contributed by atoms with E-state index in [1.807, 2.05) is 0 Å². The average molecular weight is 318 g/mol. The smallest absolute Gasteiger partial charge is 0.416 e. The number of halogens is 3. The zero-order valence-corrected chi connectivity index (χ0v) is 11.4. The van der Waals surface area contributed by atoms with Gasteiger partial charge in [-0.15, -0.1) is 0 Å². The van der Waals surface area contributed by atoms with E-state index in [0.29, 0.717) is 0 Å². The lowest BCUT2D eigenvalue weighted by Gasteiger charge is -2.12. The lowest BCUT2D eigenvalue weighted by atomic mass is 10.1. The number of carbonyl (C=O) groups excluding carboxylic acids is 3. The first kappa shape index (κ1) is 17.5. The standard InChI is InChI=1S/C13H13F3N2O4/c1-7(11(20)18-12(17)21)22-10(19)6-8-3-2-4-9(5-8)13(14,15)16/h2-5,7H,6H2,1H3,(H3,17,18,20,21)/t7-/m0/s1. The van der Waals surface area contributed by atoms with Gasteiger partial charge in [0.2, 0.25) is 0 Å². The molecule has 3 amide bonds. The van der Waals surface area contributed by atoms with Gasteiger partial charge in [0.25, 0.3) is 5.91 Å². The number of alkyl halides is 3. The Bertz CT molecular complexity index is 587. The fraction of sp³-hybridized carbons (Fsp3) is 0.308. The molecule has 0 radical (unpaired) electrons. The highest BCUT2D eigenvalue weighted by atomic mass is 19.4. The Morgan fingerprint density at radius 2 is 1.95 bits per heavy atom. The number of urea groups is 1. The number of benzene rings is 1. The summed E-state index contributed by atoms with van der Waals surface area (Å²) in [6, 6.07) is 3.07. The second kappa shape index (κ2) is 6.92. The van der Waals surface area contributed by atoms with E-state index in [0.717, 1.165) is 18.2 Å². The molecule has 0 saturated heterocycles. The topological polar surface area (TPSA) is 98.5 Å². The second-order valence-electron chi connectivity index (χ2n) is 4.36. The number of hydrogen-bond acceptors (Lipinski definition) is 4. The average Bonchev–Trinajstić information content (AvgIpc) is 2.36. The van der Waals surface area contributed by atoms with Gasteiger partial charge < -0.3 is 10.5 Å². The van der Waals surface area contributed by atoms with Crippen LogP contribution in [-0.2, 0) is 26.9 Å². The maximum Gasteiger partial charge on any atom is 0.416 e. The fourth-order valence-electron chi connectivity index (χ4n) is 1.54. The van der Waals surface area contributed by atoms with Crippen molar-refractivity contribution >= 4 is 17.9 Å². The third kappa shape index (κ3) is 5.43. The maximum atomic E-state index is 12.5. The van der Waals surface area contributed by atoms with Crippen LogP contribution in [0.4, 0.5) is 18.0 Å². The highest BCUT2D eigenvalue weighted by Gasteiger charge is 2.30. The molecule has 0 saturated carbocycles. The van der Waals surface area contributed by atoms with Gasteiger partial charge in [-0.25, -0.2) is 4.79 Å². The molecule has 0 spiro atoms. The number of esters is 1. The minimum atomic E-state index is -4.52. The van der Waals surface area contributed by atoms with Crippen LogP contribution >= 0.6 is 0 Å². The summed E-state index contributed by atoms with van der Waals surface area (Å²) in [7, 11) is 0. The predicted molar refractivity (Wildman–Crippen MR) is 68.4 cm³/mol. The summed E-state index contributed by atoms with van der Waals surface area (Å²) < 4.78 is 42.3. The summed E-state index contributed by atoms with van der Waals surface area (Å²) in [4.78, 5) is 33.3. The largest absolute Gasteiger partial charge is 0.452 e. The van der Waals surface area contributed by atoms with Gasteiger partial charge in [0.05, 0.1) is 12.0 Å². The van der Waals surface area contributed by atoms with Gasteiger partial charge in [-0.3, -0.25) is 14.9 Å². The Balaban J connectivity index is 2.66. The normalized spacial score (nSPS) is 12.4. The van der Waals surface area contributed by atoms with Crippen LogP contribution in [0.3, 0.4) is 0 Å². The molecule has 0 unspecified atom stereocenters. The Morgan fingerprint density at radius 3 is 2.50 bits per heavy atom. The summed E-state index contributed by atoms with van der Waals surface area (Å²) in [6.45, 7) is 1.20. The quantitative estimate of drug-likeness (QED) is 0.819. The van der Waals surface area contributed by atoms with Gasteiger partial charge in [-0.1, -0.05) is 18.2 Å². The maximum absolute atomic E-state index is 12.5. The highest BCUT2D eigenvalue weighted by molar-refractivity contribution is 5.96. The molecule has 1 aromatic rings. The zero-order chi connectivity index (χ0) is 16.9. The molecule has 1 rings (SSSR count). The Labute approximate surface area is 123 Å². The van der Waals surface area contributed by atoms with Gasteiger partial charge in [-0.05, 0) is 18.6 Å².